The van der Waals surface area contributed by atoms with E-state index in [1.807, 2.05) is 0 Å². The van der Waals surface area contributed by atoms with Crippen molar-refractivity contribution in [2.24, 2.45) is 14.1 Å². The number of sulfonamides is 1. The second kappa shape index (κ2) is 8.16. The lowest BCUT2D eigenvalue weighted by Gasteiger charge is -2.30. The van der Waals surface area contributed by atoms with Gasteiger partial charge in [0.15, 0.2) is 0 Å². The van der Waals surface area contributed by atoms with Gasteiger partial charge in [0, 0.05) is 24.8 Å². The van der Waals surface area contributed by atoms with E-state index in [4.69, 9.17) is 11.6 Å². The van der Waals surface area contributed by atoms with Crippen molar-refractivity contribution in [3.63, 3.8) is 0 Å². The van der Waals surface area contributed by atoms with Crippen molar-refractivity contribution >= 4 is 49.9 Å². The molecule has 0 bridgehead atoms. The second-order valence-corrected chi connectivity index (χ2v) is 9.35. The van der Waals surface area contributed by atoms with Gasteiger partial charge in [-0.2, -0.15) is 0 Å². The first kappa shape index (κ1) is 21.9. The molecule has 3 rings (SSSR count). The number of imidazole rings is 1. The number of carbonyl (C=O) groups is 1. The summed E-state index contributed by atoms with van der Waals surface area (Å²) in [5.74, 6) is -0.483. The smallest absolute Gasteiger partial charge is 0.324 e. The molecule has 3 aromatic rings. The van der Waals surface area contributed by atoms with Gasteiger partial charge in [-0.25, -0.2) is 13.2 Å². The van der Waals surface area contributed by atoms with E-state index in [2.05, 4.69) is 5.32 Å². The van der Waals surface area contributed by atoms with Crippen molar-refractivity contribution in [1.29, 1.82) is 0 Å². The third-order valence-corrected chi connectivity index (χ3v) is 6.35. The first-order valence-corrected chi connectivity index (χ1v) is 11.5. The summed E-state index contributed by atoms with van der Waals surface area (Å²) >= 11 is 6.03. The maximum Gasteiger partial charge on any atom is 0.328 e. The fourth-order valence-electron chi connectivity index (χ4n) is 3.48. The van der Waals surface area contributed by atoms with E-state index in [0.29, 0.717) is 21.9 Å². The van der Waals surface area contributed by atoms with Gasteiger partial charge in [0.1, 0.15) is 6.04 Å². The van der Waals surface area contributed by atoms with Gasteiger partial charge in [-0.1, -0.05) is 24.6 Å². The van der Waals surface area contributed by atoms with Crippen LogP contribution in [0.15, 0.2) is 47.3 Å². The lowest BCUT2D eigenvalue weighted by molar-refractivity contribution is -0.117. The van der Waals surface area contributed by atoms with Gasteiger partial charge in [0.2, 0.25) is 15.9 Å². The maximum absolute atomic E-state index is 13.1. The number of amides is 1. The first-order chi connectivity index (χ1) is 14.0. The number of hydrogen-bond acceptors (Lipinski definition) is 4. The van der Waals surface area contributed by atoms with Crippen molar-refractivity contribution in [2.45, 2.75) is 19.4 Å². The van der Waals surface area contributed by atoms with Crippen LogP contribution in [0.25, 0.3) is 11.0 Å². The number of nitrogens with one attached hydrogen (secondary N) is 1. The quantitative estimate of drug-likeness (QED) is 0.624. The summed E-state index contributed by atoms with van der Waals surface area (Å²) in [6.07, 6.45) is 1.30. The number of nitrogens with zero attached hydrogens (tertiary/aromatic N) is 3. The van der Waals surface area contributed by atoms with Crippen molar-refractivity contribution in [1.82, 2.24) is 9.13 Å². The maximum atomic E-state index is 13.1. The van der Waals surface area contributed by atoms with E-state index in [1.54, 1.807) is 57.4 Å². The molecule has 0 spiro atoms. The Morgan fingerprint density at radius 1 is 1.13 bits per heavy atom. The fraction of sp³-hybridized carbons (Fsp3) is 0.300. The molecule has 0 saturated heterocycles. The predicted octanol–water partition coefficient (Wildman–Crippen LogP) is 2.71. The van der Waals surface area contributed by atoms with Crippen LogP contribution in [0.3, 0.4) is 0 Å². The Kier molecular flexibility index (Phi) is 5.96. The van der Waals surface area contributed by atoms with Crippen LogP contribution in [-0.4, -0.2) is 35.8 Å². The summed E-state index contributed by atoms with van der Waals surface area (Å²) in [7, 11) is -0.442. The highest BCUT2D eigenvalue weighted by atomic mass is 35.5. The molecule has 0 fully saturated rings. The Hall–Kier alpha value is -2.78. The van der Waals surface area contributed by atoms with Gasteiger partial charge in [0.25, 0.3) is 0 Å². The molecule has 2 aromatic carbocycles. The van der Waals surface area contributed by atoms with Crippen LogP contribution in [0, 0.1) is 0 Å². The zero-order valence-electron chi connectivity index (χ0n) is 17.1. The molecule has 8 nitrogen and oxygen atoms in total. The minimum atomic E-state index is -3.76. The summed E-state index contributed by atoms with van der Waals surface area (Å²) in [6, 6.07) is 10.5. The van der Waals surface area contributed by atoms with Gasteiger partial charge >= 0.3 is 5.69 Å². The summed E-state index contributed by atoms with van der Waals surface area (Å²) < 4.78 is 29.1. The molecule has 1 heterocycles. The molecule has 0 aliphatic carbocycles. The zero-order chi connectivity index (χ0) is 22.2. The number of fused-ring (bicyclic) bond motifs is 1. The Bertz CT molecular complexity index is 1280. The SMILES string of the molecule is CC[C@H](C(=O)Nc1ccc2c(c1)n(C)c(=O)n2C)N(c1cccc(Cl)c1)S(C)(=O)=O. The van der Waals surface area contributed by atoms with E-state index in [1.165, 1.54) is 15.2 Å². The van der Waals surface area contributed by atoms with Crippen LogP contribution in [0.4, 0.5) is 11.4 Å². The monoisotopic (exact) mass is 450 g/mol. The van der Waals surface area contributed by atoms with E-state index < -0.39 is 22.0 Å². The standard InChI is InChI=1S/C20H23ClN4O4S/c1-5-16(25(30(4,28)29)15-8-6-7-13(21)11-15)19(26)22-14-9-10-17-18(12-14)24(3)20(27)23(17)2/h6-12,16H,5H2,1-4H3,(H,22,26)/t16-/m1/s1. The number of rotatable bonds is 6. The topological polar surface area (TPSA) is 93.4 Å². The van der Waals surface area contributed by atoms with Gasteiger partial charge in [0.05, 0.1) is 23.0 Å². The van der Waals surface area contributed by atoms with Crippen LogP contribution in [0.2, 0.25) is 5.02 Å². The van der Waals surface area contributed by atoms with E-state index in [-0.39, 0.29) is 12.1 Å². The second-order valence-electron chi connectivity index (χ2n) is 7.06. The molecule has 0 saturated carbocycles. The molecule has 0 unspecified atom stereocenters. The van der Waals surface area contributed by atoms with Gasteiger partial charge in [-0.3, -0.25) is 18.2 Å². The van der Waals surface area contributed by atoms with Crippen LogP contribution in [-0.2, 0) is 28.9 Å². The van der Waals surface area contributed by atoms with E-state index in [9.17, 15) is 18.0 Å². The number of anilines is 2. The van der Waals surface area contributed by atoms with Crippen LogP contribution in [0.1, 0.15) is 13.3 Å². The zero-order valence-corrected chi connectivity index (χ0v) is 18.7. The highest BCUT2D eigenvalue weighted by molar-refractivity contribution is 7.92. The number of hydrogen-bond donors (Lipinski definition) is 1. The minimum absolute atomic E-state index is 0.177. The van der Waals surface area contributed by atoms with Gasteiger partial charge < -0.3 is 5.32 Å². The van der Waals surface area contributed by atoms with Crippen molar-refractivity contribution in [2.75, 3.05) is 15.9 Å². The highest BCUT2D eigenvalue weighted by Crippen LogP contribution is 2.26. The molecular weight excluding hydrogens is 428 g/mol. The molecule has 1 N–H and O–H groups in total. The molecule has 160 valence electrons. The normalized spacial score (nSPS) is 12.7. The highest BCUT2D eigenvalue weighted by Gasteiger charge is 2.31. The predicted molar refractivity (Wildman–Crippen MR) is 120 cm³/mol. The Morgan fingerprint density at radius 2 is 1.80 bits per heavy atom. The molecule has 10 heteroatoms. The largest absolute Gasteiger partial charge is 0.328 e. The summed E-state index contributed by atoms with van der Waals surface area (Å²) in [5.41, 5.74) is 1.98. The Labute approximate surface area is 179 Å². The van der Waals surface area contributed by atoms with Crippen LogP contribution < -0.4 is 15.3 Å². The molecule has 1 amide bonds. The molecule has 0 aliphatic rings. The summed E-state index contributed by atoms with van der Waals surface area (Å²) in [6.45, 7) is 1.73. The molecule has 0 aliphatic heterocycles. The number of aromatic nitrogens is 2. The molecule has 0 radical (unpaired) electrons. The van der Waals surface area contributed by atoms with E-state index in [0.717, 1.165) is 16.1 Å². The van der Waals surface area contributed by atoms with Crippen LogP contribution >= 0.6 is 11.6 Å². The third kappa shape index (κ3) is 4.08. The number of carbonyl (C=O) groups excluding carboxylic acids is 1. The Morgan fingerprint density at radius 3 is 2.40 bits per heavy atom. The van der Waals surface area contributed by atoms with Crippen molar-refractivity contribution < 1.29 is 13.2 Å². The molecular formula is C20H23ClN4O4S. The summed E-state index contributed by atoms with van der Waals surface area (Å²) in [4.78, 5) is 25.2. The number of benzene rings is 2. The number of aryl methyl sites for hydroxylation is 2. The molecule has 30 heavy (non-hydrogen) atoms. The minimum Gasteiger partial charge on any atom is -0.324 e. The molecule has 1 aromatic heterocycles. The lowest BCUT2D eigenvalue weighted by atomic mass is 10.1. The summed E-state index contributed by atoms with van der Waals surface area (Å²) in [5, 5.41) is 3.14. The van der Waals surface area contributed by atoms with Gasteiger partial charge in [-0.05, 0) is 42.8 Å². The number of halogens is 1. The average Bonchev–Trinajstić information content (AvgIpc) is 2.88. The molecule has 1 atom stereocenters. The van der Waals surface area contributed by atoms with Crippen molar-refractivity contribution in [3.8, 4) is 0 Å². The van der Waals surface area contributed by atoms with Crippen LogP contribution in [0.5, 0.6) is 0 Å². The first-order valence-electron chi connectivity index (χ1n) is 9.26. The van der Waals surface area contributed by atoms with Gasteiger partial charge in [-0.15, -0.1) is 0 Å². The lowest BCUT2D eigenvalue weighted by Crippen LogP contribution is -2.47. The average molecular weight is 451 g/mol. The van der Waals surface area contributed by atoms with Crippen molar-refractivity contribution in [3.05, 3.63) is 58.0 Å². The third-order valence-electron chi connectivity index (χ3n) is 4.93. The fourth-order valence-corrected chi connectivity index (χ4v) is 4.87. The Balaban J connectivity index is 1.98. The van der Waals surface area contributed by atoms with E-state index >= 15 is 0 Å².